The van der Waals surface area contributed by atoms with Crippen LogP contribution in [0.4, 0.5) is 5.69 Å². The molecule has 5 rings (SSSR count). The number of hydrogen-bond acceptors (Lipinski definition) is 2. The van der Waals surface area contributed by atoms with E-state index < -0.39 is 0 Å². The van der Waals surface area contributed by atoms with Gasteiger partial charge in [-0.15, -0.1) is 0 Å². The number of aromatic hydroxyl groups is 1. The van der Waals surface area contributed by atoms with Crippen molar-refractivity contribution < 1.29 is 9.90 Å². The molecule has 0 aliphatic carbocycles. The lowest BCUT2D eigenvalue weighted by Crippen LogP contribution is -2.30. The van der Waals surface area contributed by atoms with Gasteiger partial charge < -0.3 is 14.6 Å². The maximum absolute atomic E-state index is 12.2. The van der Waals surface area contributed by atoms with E-state index in [1.54, 1.807) is 11.8 Å². The zero-order chi connectivity index (χ0) is 18.0. The highest BCUT2D eigenvalue weighted by molar-refractivity contribution is 6.13. The van der Waals surface area contributed by atoms with Crippen LogP contribution in [0.2, 0.25) is 0 Å². The van der Waals surface area contributed by atoms with Crippen molar-refractivity contribution in [2.75, 3.05) is 4.90 Å². The molecule has 4 heteroatoms. The number of carbonyl (C=O) groups is 1. The second-order valence-corrected chi connectivity index (χ2v) is 6.85. The quantitative estimate of drug-likeness (QED) is 0.509. The van der Waals surface area contributed by atoms with Crippen molar-refractivity contribution in [1.29, 1.82) is 0 Å². The molecule has 26 heavy (non-hydrogen) atoms. The van der Waals surface area contributed by atoms with Crippen LogP contribution >= 0.6 is 0 Å². The molecule has 1 N–H and O–H groups in total. The lowest BCUT2D eigenvalue weighted by molar-refractivity contribution is -0.116. The number of hydrogen-bond donors (Lipinski definition) is 1. The summed E-state index contributed by atoms with van der Waals surface area (Å²) in [6, 6.07) is 18.0. The van der Waals surface area contributed by atoms with E-state index in [1.807, 2.05) is 48.0 Å². The highest BCUT2D eigenvalue weighted by Gasteiger charge is 2.29. The second-order valence-electron chi connectivity index (χ2n) is 6.85. The topological polar surface area (TPSA) is 45.5 Å². The third-order valence-electron chi connectivity index (χ3n) is 5.42. The number of benzene rings is 3. The molecule has 128 valence electrons. The predicted octanol–water partition coefficient (Wildman–Crippen LogP) is 4.57. The van der Waals surface area contributed by atoms with Crippen LogP contribution in [-0.2, 0) is 18.4 Å². The van der Waals surface area contributed by atoms with Crippen molar-refractivity contribution in [3.8, 4) is 16.9 Å². The highest BCUT2D eigenvalue weighted by atomic mass is 16.3. The molecule has 0 unspecified atom stereocenters. The Bertz CT molecular complexity index is 1220. The molecule has 1 aliphatic rings. The standard InChI is InChI=1S/C22H18N2O2/c1-13(25)24-12-14-11-17-15-7-3-5-9-18(15)23(2)21(17)22(26)20(14)16-8-4-6-10-19(16)24/h3-11,26H,12H2,1-2H3. The number of para-hydroxylation sites is 2. The first-order chi connectivity index (χ1) is 12.6. The fourth-order valence-corrected chi connectivity index (χ4v) is 4.25. The maximum atomic E-state index is 12.2. The molecule has 3 aromatic carbocycles. The van der Waals surface area contributed by atoms with Crippen molar-refractivity contribution in [1.82, 2.24) is 4.57 Å². The minimum Gasteiger partial charge on any atom is -0.505 e. The third-order valence-corrected chi connectivity index (χ3v) is 5.42. The van der Waals surface area contributed by atoms with Crippen LogP contribution in [0.25, 0.3) is 32.9 Å². The largest absolute Gasteiger partial charge is 0.505 e. The Labute approximate surface area is 150 Å². The molecule has 0 bridgehead atoms. The summed E-state index contributed by atoms with van der Waals surface area (Å²) in [5, 5.41) is 13.3. The SMILES string of the molecule is CC(=O)N1Cc2cc3c4ccccc4n(C)c3c(O)c2-c2ccccc21. The molecular formula is C22H18N2O2. The first-order valence-electron chi connectivity index (χ1n) is 8.67. The van der Waals surface area contributed by atoms with Gasteiger partial charge in [0, 0.05) is 41.4 Å². The van der Waals surface area contributed by atoms with E-state index in [4.69, 9.17) is 0 Å². The van der Waals surface area contributed by atoms with Gasteiger partial charge in [-0.1, -0.05) is 36.4 Å². The number of rotatable bonds is 0. The van der Waals surface area contributed by atoms with Crippen LogP contribution in [-0.4, -0.2) is 15.6 Å². The molecular weight excluding hydrogens is 324 g/mol. The van der Waals surface area contributed by atoms with Gasteiger partial charge in [-0.05, 0) is 23.8 Å². The summed E-state index contributed by atoms with van der Waals surface area (Å²) in [5.41, 5.74) is 5.46. The first kappa shape index (κ1) is 15.0. The Hall–Kier alpha value is -3.27. The number of aromatic nitrogens is 1. The lowest BCUT2D eigenvalue weighted by atomic mass is 9.90. The molecule has 0 fully saturated rings. The van der Waals surface area contributed by atoms with E-state index in [-0.39, 0.29) is 11.7 Å². The van der Waals surface area contributed by atoms with E-state index in [0.29, 0.717) is 6.54 Å². The van der Waals surface area contributed by atoms with Crippen LogP contribution in [0.3, 0.4) is 0 Å². The minimum absolute atomic E-state index is 0.000562. The van der Waals surface area contributed by atoms with Gasteiger partial charge >= 0.3 is 0 Å². The van der Waals surface area contributed by atoms with Crippen molar-refractivity contribution in [3.63, 3.8) is 0 Å². The predicted molar refractivity (Wildman–Crippen MR) is 104 cm³/mol. The zero-order valence-corrected chi connectivity index (χ0v) is 14.7. The summed E-state index contributed by atoms with van der Waals surface area (Å²) in [6.07, 6.45) is 0. The second kappa shape index (κ2) is 5.11. The van der Waals surface area contributed by atoms with Crippen LogP contribution < -0.4 is 4.90 Å². The molecule has 4 nitrogen and oxygen atoms in total. The number of aryl methyl sites for hydroxylation is 1. The summed E-state index contributed by atoms with van der Waals surface area (Å²) in [5.74, 6) is 0.285. The van der Waals surface area contributed by atoms with Crippen molar-refractivity contribution >= 4 is 33.4 Å². The van der Waals surface area contributed by atoms with Crippen molar-refractivity contribution in [3.05, 3.63) is 60.2 Å². The fraction of sp³-hybridized carbons (Fsp3) is 0.136. The number of phenols is 1. The van der Waals surface area contributed by atoms with E-state index in [9.17, 15) is 9.90 Å². The van der Waals surface area contributed by atoms with Crippen molar-refractivity contribution in [2.45, 2.75) is 13.5 Å². The summed E-state index contributed by atoms with van der Waals surface area (Å²) in [7, 11) is 1.98. The van der Waals surface area contributed by atoms with Crippen LogP contribution in [0.5, 0.6) is 5.75 Å². The molecule has 1 aromatic heterocycles. The first-order valence-corrected chi connectivity index (χ1v) is 8.67. The summed E-state index contributed by atoms with van der Waals surface area (Å²) in [6.45, 7) is 2.05. The summed E-state index contributed by atoms with van der Waals surface area (Å²) >= 11 is 0. The molecule has 1 amide bonds. The monoisotopic (exact) mass is 342 g/mol. The van der Waals surface area contributed by atoms with E-state index in [2.05, 4.69) is 18.2 Å². The number of amides is 1. The normalized spacial score (nSPS) is 13.1. The number of fused-ring (bicyclic) bond motifs is 6. The summed E-state index contributed by atoms with van der Waals surface area (Å²) < 4.78 is 2.04. The molecule has 0 radical (unpaired) electrons. The number of phenolic OH excluding ortho intramolecular Hbond substituents is 1. The molecule has 0 atom stereocenters. The Kier molecular flexibility index (Phi) is 2.95. The Morgan fingerprint density at radius 1 is 1.04 bits per heavy atom. The van der Waals surface area contributed by atoms with Crippen LogP contribution in [0.1, 0.15) is 12.5 Å². The Morgan fingerprint density at radius 3 is 2.58 bits per heavy atom. The molecule has 0 saturated carbocycles. The smallest absolute Gasteiger partial charge is 0.224 e. The molecule has 4 aromatic rings. The molecule has 1 aliphatic heterocycles. The highest BCUT2D eigenvalue weighted by Crippen LogP contribution is 2.48. The average Bonchev–Trinajstić information content (AvgIpc) is 2.94. The number of anilines is 1. The van der Waals surface area contributed by atoms with Gasteiger partial charge in [-0.3, -0.25) is 4.79 Å². The van der Waals surface area contributed by atoms with Gasteiger partial charge in [-0.2, -0.15) is 0 Å². The molecule has 2 heterocycles. The molecule has 0 saturated heterocycles. The average molecular weight is 342 g/mol. The number of nitrogens with zero attached hydrogens (tertiary/aromatic N) is 2. The van der Waals surface area contributed by atoms with Gasteiger partial charge in [0.1, 0.15) is 5.75 Å². The number of carbonyl (C=O) groups excluding carboxylic acids is 1. The van der Waals surface area contributed by atoms with Crippen molar-refractivity contribution in [2.24, 2.45) is 7.05 Å². The van der Waals surface area contributed by atoms with Gasteiger partial charge in [0.15, 0.2) is 0 Å². The van der Waals surface area contributed by atoms with E-state index >= 15 is 0 Å². The van der Waals surface area contributed by atoms with E-state index in [0.717, 1.165) is 44.2 Å². The van der Waals surface area contributed by atoms with Crippen LogP contribution in [0, 0.1) is 0 Å². The Balaban J connectivity index is 1.94. The van der Waals surface area contributed by atoms with Gasteiger partial charge in [0.05, 0.1) is 17.7 Å². The third kappa shape index (κ3) is 1.81. The van der Waals surface area contributed by atoms with Gasteiger partial charge in [0.2, 0.25) is 5.91 Å². The van der Waals surface area contributed by atoms with Crippen LogP contribution in [0.15, 0.2) is 54.6 Å². The Morgan fingerprint density at radius 2 is 1.77 bits per heavy atom. The van der Waals surface area contributed by atoms with E-state index in [1.165, 1.54) is 0 Å². The maximum Gasteiger partial charge on any atom is 0.224 e. The lowest BCUT2D eigenvalue weighted by Gasteiger charge is -2.31. The van der Waals surface area contributed by atoms with Gasteiger partial charge in [-0.25, -0.2) is 0 Å². The fourth-order valence-electron chi connectivity index (χ4n) is 4.25. The zero-order valence-electron chi connectivity index (χ0n) is 14.7. The minimum atomic E-state index is 0.000562. The van der Waals surface area contributed by atoms with Gasteiger partial charge in [0.25, 0.3) is 0 Å². The molecule has 0 spiro atoms. The summed E-state index contributed by atoms with van der Waals surface area (Å²) in [4.78, 5) is 14.0.